The van der Waals surface area contributed by atoms with Crippen LogP contribution in [0.1, 0.15) is 25.7 Å². The van der Waals surface area contributed by atoms with E-state index in [0.717, 1.165) is 26.0 Å². The van der Waals surface area contributed by atoms with Crippen LogP contribution < -0.4 is 5.32 Å². The Labute approximate surface area is 95.0 Å². The van der Waals surface area contributed by atoms with Crippen LogP contribution in [-0.4, -0.2) is 24.2 Å². The first kappa shape index (κ1) is 11.3. The summed E-state index contributed by atoms with van der Waals surface area (Å²) in [5, 5.41) is 3.10. The van der Waals surface area contributed by atoms with E-state index >= 15 is 0 Å². The van der Waals surface area contributed by atoms with Gasteiger partial charge in [0.1, 0.15) is 5.82 Å². The van der Waals surface area contributed by atoms with E-state index in [1.54, 1.807) is 12.1 Å². The van der Waals surface area contributed by atoms with Crippen LogP contribution in [-0.2, 0) is 4.74 Å². The summed E-state index contributed by atoms with van der Waals surface area (Å²) < 4.78 is 18.4. The van der Waals surface area contributed by atoms with E-state index < -0.39 is 5.95 Å². The molecule has 88 valence electrons. The second-order valence-corrected chi connectivity index (χ2v) is 4.05. The highest BCUT2D eigenvalue weighted by molar-refractivity contribution is 5.33. The number of nitrogens with zero attached hydrogens (tertiary/aromatic N) is 1. The molecule has 1 aliphatic rings. The second-order valence-electron chi connectivity index (χ2n) is 4.05. The third kappa shape index (κ3) is 3.45. The van der Waals surface area contributed by atoms with Gasteiger partial charge in [-0.3, -0.25) is 0 Å². The van der Waals surface area contributed by atoms with Gasteiger partial charge < -0.3 is 10.1 Å². The fourth-order valence-corrected chi connectivity index (χ4v) is 1.90. The standard InChI is InChI=1S/C12H17FN2O/c13-11-5-3-6-12(15-11)14-8-7-10-4-1-2-9-16-10/h3,5-6,10H,1-2,4,7-9H2,(H,14,15). The lowest BCUT2D eigenvalue weighted by molar-refractivity contribution is 0.0134. The van der Waals surface area contributed by atoms with Crippen molar-refractivity contribution in [2.24, 2.45) is 0 Å². The van der Waals surface area contributed by atoms with Gasteiger partial charge in [-0.1, -0.05) is 6.07 Å². The molecule has 0 aliphatic carbocycles. The Morgan fingerprint density at radius 2 is 2.38 bits per heavy atom. The van der Waals surface area contributed by atoms with Crippen molar-refractivity contribution in [1.29, 1.82) is 0 Å². The van der Waals surface area contributed by atoms with Crippen molar-refractivity contribution in [1.82, 2.24) is 4.98 Å². The Morgan fingerprint density at radius 3 is 3.12 bits per heavy atom. The van der Waals surface area contributed by atoms with E-state index in [2.05, 4.69) is 10.3 Å². The fourth-order valence-electron chi connectivity index (χ4n) is 1.90. The van der Waals surface area contributed by atoms with Gasteiger partial charge in [-0.15, -0.1) is 0 Å². The number of nitrogens with one attached hydrogen (secondary N) is 1. The first-order valence-corrected chi connectivity index (χ1v) is 5.82. The van der Waals surface area contributed by atoms with Gasteiger partial charge in [-0.25, -0.2) is 4.98 Å². The Morgan fingerprint density at radius 1 is 1.44 bits per heavy atom. The summed E-state index contributed by atoms with van der Waals surface area (Å²) in [6.07, 6.45) is 4.88. The SMILES string of the molecule is Fc1cccc(NCCC2CCCCO2)n1. The molecule has 1 aromatic heterocycles. The van der Waals surface area contributed by atoms with Crippen molar-refractivity contribution in [3.05, 3.63) is 24.1 Å². The number of rotatable bonds is 4. The molecule has 1 atom stereocenters. The molecule has 0 amide bonds. The predicted molar refractivity (Wildman–Crippen MR) is 60.9 cm³/mol. The third-order valence-corrected chi connectivity index (χ3v) is 2.76. The molecule has 0 saturated carbocycles. The maximum absolute atomic E-state index is 12.8. The number of halogens is 1. The van der Waals surface area contributed by atoms with Crippen molar-refractivity contribution in [3.8, 4) is 0 Å². The van der Waals surface area contributed by atoms with Crippen LogP contribution in [0.25, 0.3) is 0 Å². The molecule has 4 heteroatoms. The summed E-state index contributed by atoms with van der Waals surface area (Å²) >= 11 is 0. The monoisotopic (exact) mass is 224 g/mol. The van der Waals surface area contributed by atoms with Gasteiger partial charge in [0.05, 0.1) is 6.10 Å². The molecule has 0 bridgehead atoms. The Kier molecular flexibility index (Phi) is 4.10. The summed E-state index contributed by atoms with van der Waals surface area (Å²) in [7, 11) is 0. The zero-order valence-electron chi connectivity index (χ0n) is 9.29. The number of pyridine rings is 1. The average Bonchev–Trinajstić information content (AvgIpc) is 2.30. The minimum atomic E-state index is -0.445. The number of hydrogen-bond donors (Lipinski definition) is 1. The van der Waals surface area contributed by atoms with Gasteiger partial charge in [-0.05, 0) is 37.8 Å². The molecule has 0 radical (unpaired) electrons. The van der Waals surface area contributed by atoms with E-state index in [-0.39, 0.29) is 0 Å². The zero-order chi connectivity index (χ0) is 11.2. The van der Waals surface area contributed by atoms with E-state index in [1.165, 1.54) is 18.9 Å². The maximum atomic E-state index is 12.8. The lowest BCUT2D eigenvalue weighted by atomic mass is 10.1. The van der Waals surface area contributed by atoms with Gasteiger partial charge in [0.25, 0.3) is 0 Å². The number of ether oxygens (including phenoxy) is 1. The molecule has 2 rings (SSSR count). The van der Waals surface area contributed by atoms with Crippen LogP contribution in [0.4, 0.5) is 10.2 Å². The molecule has 1 aliphatic heterocycles. The summed E-state index contributed by atoms with van der Waals surface area (Å²) in [4.78, 5) is 3.74. The molecular weight excluding hydrogens is 207 g/mol. The molecule has 1 N–H and O–H groups in total. The topological polar surface area (TPSA) is 34.1 Å². The third-order valence-electron chi connectivity index (χ3n) is 2.76. The van der Waals surface area contributed by atoms with Crippen molar-refractivity contribution in [3.63, 3.8) is 0 Å². The van der Waals surface area contributed by atoms with Gasteiger partial charge >= 0.3 is 0 Å². The van der Waals surface area contributed by atoms with Crippen molar-refractivity contribution in [2.45, 2.75) is 31.8 Å². The van der Waals surface area contributed by atoms with Crippen molar-refractivity contribution in [2.75, 3.05) is 18.5 Å². The Balaban J connectivity index is 1.71. The van der Waals surface area contributed by atoms with Gasteiger partial charge in [0.2, 0.25) is 5.95 Å². The highest BCUT2D eigenvalue weighted by atomic mass is 19.1. The lowest BCUT2D eigenvalue weighted by Crippen LogP contribution is -2.22. The van der Waals surface area contributed by atoms with Crippen molar-refractivity contribution >= 4 is 5.82 Å². The zero-order valence-corrected chi connectivity index (χ0v) is 9.29. The van der Waals surface area contributed by atoms with E-state index in [1.807, 2.05) is 0 Å². The van der Waals surface area contributed by atoms with E-state index in [0.29, 0.717) is 11.9 Å². The molecule has 3 nitrogen and oxygen atoms in total. The molecule has 1 aromatic rings. The Bertz CT molecular complexity index is 327. The molecule has 16 heavy (non-hydrogen) atoms. The molecule has 1 unspecified atom stereocenters. The number of hydrogen-bond acceptors (Lipinski definition) is 3. The quantitative estimate of drug-likeness (QED) is 0.798. The van der Waals surface area contributed by atoms with Crippen LogP contribution in [0.2, 0.25) is 0 Å². The first-order valence-electron chi connectivity index (χ1n) is 5.82. The second kappa shape index (κ2) is 5.80. The minimum absolute atomic E-state index is 0.356. The van der Waals surface area contributed by atoms with E-state index in [9.17, 15) is 4.39 Å². The summed E-state index contributed by atoms with van der Waals surface area (Å²) in [5.74, 6) is 0.148. The summed E-state index contributed by atoms with van der Waals surface area (Å²) in [6.45, 7) is 1.66. The van der Waals surface area contributed by atoms with Gasteiger partial charge in [-0.2, -0.15) is 4.39 Å². The van der Waals surface area contributed by atoms with Gasteiger partial charge in [0, 0.05) is 13.2 Å². The summed E-state index contributed by atoms with van der Waals surface area (Å²) in [5.41, 5.74) is 0. The van der Waals surface area contributed by atoms with Crippen LogP contribution in [0.3, 0.4) is 0 Å². The van der Waals surface area contributed by atoms with Crippen molar-refractivity contribution < 1.29 is 9.13 Å². The fraction of sp³-hybridized carbons (Fsp3) is 0.583. The highest BCUT2D eigenvalue weighted by Gasteiger charge is 2.12. The van der Waals surface area contributed by atoms with Crippen LogP contribution in [0, 0.1) is 5.95 Å². The number of anilines is 1. The molecule has 0 spiro atoms. The van der Waals surface area contributed by atoms with Crippen LogP contribution in [0.15, 0.2) is 18.2 Å². The van der Waals surface area contributed by atoms with Crippen LogP contribution in [0.5, 0.6) is 0 Å². The predicted octanol–water partition coefficient (Wildman–Crippen LogP) is 2.59. The van der Waals surface area contributed by atoms with E-state index in [4.69, 9.17) is 4.74 Å². The molecule has 1 fully saturated rings. The molecule has 2 heterocycles. The Hall–Kier alpha value is -1.16. The average molecular weight is 224 g/mol. The molecular formula is C12H17FN2O. The molecule has 1 saturated heterocycles. The first-order chi connectivity index (χ1) is 7.84. The largest absolute Gasteiger partial charge is 0.378 e. The molecule has 0 aromatic carbocycles. The van der Waals surface area contributed by atoms with Crippen LogP contribution >= 0.6 is 0 Å². The van der Waals surface area contributed by atoms with Gasteiger partial charge in [0.15, 0.2) is 0 Å². The minimum Gasteiger partial charge on any atom is -0.378 e. The smallest absolute Gasteiger partial charge is 0.214 e. The maximum Gasteiger partial charge on any atom is 0.214 e. The normalized spacial score (nSPS) is 20.7. The lowest BCUT2D eigenvalue weighted by Gasteiger charge is -2.22. The highest BCUT2D eigenvalue weighted by Crippen LogP contribution is 2.15. The number of aromatic nitrogens is 1. The summed E-state index contributed by atoms with van der Waals surface area (Å²) in [6, 6.07) is 4.77.